The number of nitrogens with one attached hydrogen (secondary N) is 2. The summed E-state index contributed by atoms with van der Waals surface area (Å²) in [6.07, 6.45) is 1.02. The summed E-state index contributed by atoms with van der Waals surface area (Å²) < 4.78 is 0. The van der Waals surface area contributed by atoms with Crippen molar-refractivity contribution in [2.45, 2.75) is 13.0 Å². The lowest BCUT2D eigenvalue weighted by atomic mass is 10.0. The maximum Gasteiger partial charge on any atom is 0.0969 e. The average molecular weight is 307 g/mol. The Morgan fingerprint density at radius 1 is 1.22 bits per heavy atom. The molecule has 18 heavy (non-hydrogen) atoms. The maximum atomic E-state index is 5.99. The lowest BCUT2D eigenvalue weighted by Crippen LogP contribution is -2.23. The Kier molecular flexibility index (Phi) is 5.47. The predicted molar refractivity (Wildman–Crippen MR) is 78.9 cm³/mol. The van der Waals surface area contributed by atoms with Crippen LogP contribution in [-0.2, 0) is 13.0 Å². The molecule has 1 aromatic carbocycles. The number of H-pyrrole nitrogens is 1. The number of fused-ring (bicyclic) bond motifs is 1. The predicted octanol–water partition coefficient (Wildman–Crippen LogP) is 3.22. The molecule has 1 aliphatic rings. The van der Waals surface area contributed by atoms with Crippen molar-refractivity contribution in [1.29, 1.82) is 0 Å². The first-order valence-electron chi connectivity index (χ1n) is 5.37. The minimum atomic E-state index is 0. The van der Waals surface area contributed by atoms with Crippen LogP contribution < -0.4 is 5.32 Å². The SMILES string of the molecule is Cl.Cl.Clc1cccc(-c2n[nH]c3c2CNCC3)c1. The van der Waals surface area contributed by atoms with Crippen LogP contribution in [0.2, 0.25) is 5.02 Å². The van der Waals surface area contributed by atoms with E-state index in [1.165, 1.54) is 11.3 Å². The third-order valence-corrected chi connectivity index (χ3v) is 3.14. The number of hydrogen-bond donors (Lipinski definition) is 2. The van der Waals surface area contributed by atoms with Gasteiger partial charge in [0.1, 0.15) is 0 Å². The number of rotatable bonds is 1. The van der Waals surface area contributed by atoms with Gasteiger partial charge < -0.3 is 5.32 Å². The molecule has 3 nitrogen and oxygen atoms in total. The fraction of sp³-hybridized carbons (Fsp3) is 0.250. The standard InChI is InChI=1S/C12H12ClN3.2ClH/c13-9-3-1-2-8(6-9)12-10-7-14-5-4-11(10)15-16-12;;/h1-3,6,14H,4-5,7H2,(H,15,16);2*1H. The van der Waals surface area contributed by atoms with Gasteiger partial charge in [-0.3, -0.25) is 5.10 Å². The number of hydrogen-bond acceptors (Lipinski definition) is 2. The first kappa shape index (κ1) is 15.3. The van der Waals surface area contributed by atoms with Crippen LogP contribution in [0.5, 0.6) is 0 Å². The molecule has 2 heterocycles. The molecule has 2 aromatic rings. The zero-order valence-corrected chi connectivity index (χ0v) is 12.0. The second-order valence-electron chi connectivity index (χ2n) is 3.97. The fourth-order valence-corrected chi connectivity index (χ4v) is 2.29. The Labute approximate surface area is 123 Å². The monoisotopic (exact) mass is 305 g/mol. The average Bonchev–Trinajstić information content (AvgIpc) is 2.72. The minimum Gasteiger partial charge on any atom is -0.312 e. The van der Waals surface area contributed by atoms with Gasteiger partial charge in [0.15, 0.2) is 0 Å². The molecule has 0 saturated carbocycles. The minimum absolute atomic E-state index is 0. The first-order valence-corrected chi connectivity index (χ1v) is 5.75. The van der Waals surface area contributed by atoms with E-state index in [1.54, 1.807) is 0 Å². The van der Waals surface area contributed by atoms with E-state index < -0.39 is 0 Å². The Hall–Kier alpha value is -0.740. The van der Waals surface area contributed by atoms with Gasteiger partial charge in [-0.05, 0) is 12.1 Å². The summed E-state index contributed by atoms with van der Waals surface area (Å²) in [6, 6.07) is 7.82. The van der Waals surface area contributed by atoms with Gasteiger partial charge in [0.25, 0.3) is 0 Å². The van der Waals surface area contributed by atoms with Crippen LogP contribution in [-0.4, -0.2) is 16.7 Å². The van der Waals surface area contributed by atoms with Crippen LogP contribution in [0.3, 0.4) is 0 Å². The van der Waals surface area contributed by atoms with E-state index in [0.717, 1.165) is 35.8 Å². The van der Waals surface area contributed by atoms with Crippen molar-refractivity contribution in [1.82, 2.24) is 15.5 Å². The van der Waals surface area contributed by atoms with Crippen molar-refractivity contribution < 1.29 is 0 Å². The summed E-state index contributed by atoms with van der Waals surface area (Å²) in [5.41, 5.74) is 4.61. The van der Waals surface area contributed by atoms with Gasteiger partial charge in [-0.15, -0.1) is 24.8 Å². The summed E-state index contributed by atoms with van der Waals surface area (Å²) in [6.45, 7) is 1.90. The molecule has 0 saturated heterocycles. The molecule has 2 N–H and O–H groups in total. The van der Waals surface area contributed by atoms with Gasteiger partial charge in [0, 0.05) is 41.4 Å². The van der Waals surface area contributed by atoms with Crippen molar-refractivity contribution in [3.8, 4) is 11.3 Å². The van der Waals surface area contributed by atoms with Crippen molar-refractivity contribution >= 4 is 36.4 Å². The zero-order chi connectivity index (χ0) is 11.0. The molecule has 0 fully saturated rings. The molecule has 98 valence electrons. The highest BCUT2D eigenvalue weighted by atomic mass is 35.5. The molecular formula is C12H14Cl3N3. The van der Waals surface area contributed by atoms with E-state index in [9.17, 15) is 0 Å². The molecule has 6 heteroatoms. The van der Waals surface area contributed by atoms with Crippen LogP contribution in [0.4, 0.5) is 0 Å². The Morgan fingerprint density at radius 2 is 2.06 bits per heavy atom. The second kappa shape index (κ2) is 6.43. The lowest BCUT2D eigenvalue weighted by Gasteiger charge is -2.12. The van der Waals surface area contributed by atoms with E-state index >= 15 is 0 Å². The highest BCUT2D eigenvalue weighted by molar-refractivity contribution is 6.30. The third-order valence-electron chi connectivity index (χ3n) is 2.90. The summed E-state index contributed by atoms with van der Waals surface area (Å²) >= 11 is 5.99. The number of nitrogens with zero attached hydrogens (tertiary/aromatic N) is 1. The number of aromatic amines is 1. The molecule has 3 rings (SSSR count). The Balaban J connectivity index is 0.000000810. The quantitative estimate of drug-likeness (QED) is 0.849. The Morgan fingerprint density at radius 3 is 2.83 bits per heavy atom. The topological polar surface area (TPSA) is 40.7 Å². The summed E-state index contributed by atoms with van der Waals surface area (Å²) in [5, 5.41) is 11.6. The Bertz CT molecular complexity index is 525. The van der Waals surface area contributed by atoms with Gasteiger partial charge in [-0.25, -0.2) is 0 Å². The highest BCUT2D eigenvalue weighted by Gasteiger charge is 2.17. The molecule has 1 aliphatic heterocycles. The smallest absolute Gasteiger partial charge is 0.0969 e. The normalized spacial score (nSPS) is 13.2. The summed E-state index contributed by atoms with van der Waals surface area (Å²) in [4.78, 5) is 0. The summed E-state index contributed by atoms with van der Waals surface area (Å²) in [7, 11) is 0. The van der Waals surface area contributed by atoms with Crippen molar-refractivity contribution in [2.75, 3.05) is 6.54 Å². The molecule has 1 aromatic heterocycles. The molecule has 0 unspecified atom stereocenters. The lowest BCUT2D eigenvalue weighted by molar-refractivity contribution is 0.637. The van der Waals surface area contributed by atoms with Gasteiger partial charge in [-0.2, -0.15) is 5.10 Å². The van der Waals surface area contributed by atoms with Crippen molar-refractivity contribution in [3.63, 3.8) is 0 Å². The van der Waals surface area contributed by atoms with Gasteiger partial charge in [0.2, 0.25) is 0 Å². The molecule has 0 radical (unpaired) electrons. The van der Waals surface area contributed by atoms with Crippen LogP contribution >= 0.6 is 36.4 Å². The third kappa shape index (κ3) is 2.81. The molecule has 0 spiro atoms. The zero-order valence-electron chi connectivity index (χ0n) is 9.57. The molecule has 0 aliphatic carbocycles. The van der Waals surface area contributed by atoms with E-state index in [0.29, 0.717) is 0 Å². The first-order chi connectivity index (χ1) is 7.84. The van der Waals surface area contributed by atoms with E-state index in [4.69, 9.17) is 11.6 Å². The van der Waals surface area contributed by atoms with Gasteiger partial charge in [0.05, 0.1) is 5.69 Å². The van der Waals surface area contributed by atoms with Crippen LogP contribution in [0.1, 0.15) is 11.3 Å². The molecule has 0 bridgehead atoms. The largest absolute Gasteiger partial charge is 0.312 e. The van der Waals surface area contributed by atoms with Gasteiger partial charge >= 0.3 is 0 Å². The van der Waals surface area contributed by atoms with Crippen LogP contribution in [0.15, 0.2) is 24.3 Å². The van der Waals surface area contributed by atoms with Gasteiger partial charge in [-0.1, -0.05) is 23.7 Å². The fourth-order valence-electron chi connectivity index (χ4n) is 2.10. The van der Waals surface area contributed by atoms with E-state index in [2.05, 4.69) is 15.5 Å². The second-order valence-corrected chi connectivity index (χ2v) is 4.40. The summed E-state index contributed by atoms with van der Waals surface area (Å²) in [5.74, 6) is 0. The molecule has 0 amide bonds. The molecule has 0 atom stereocenters. The highest BCUT2D eigenvalue weighted by Crippen LogP contribution is 2.27. The van der Waals surface area contributed by atoms with Crippen molar-refractivity contribution in [3.05, 3.63) is 40.5 Å². The van der Waals surface area contributed by atoms with Crippen LogP contribution in [0, 0.1) is 0 Å². The maximum absolute atomic E-state index is 5.99. The molecular weight excluding hydrogens is 293 g/mol. The van der Waals surface area contributed by atoms with Crippen molar-refractivity contribution in [2.24, 2.45) is 0 Å². The van der Waals surface area contributed by atoms with E-state index in [-0.39, 0.29) is 24.8 Å². The van der Waals surface area contributed by atoms with Crippen LogP contribution in [0.25, 0.3) is 11.3 Å². The number of halogens is 3. The number of aromatic nitrogens is 2. The van der Waals surface area contributed by atoms with E-state index in [1.807, 2.05) is 24.3 Å². The number of benzene rings is 1.